The van der Waals surface area contributed by atoms with E-state index in [1.165, 1.54) is 50.9 Å². The number of benzene rings is 3. The smallest absolute Gasteiger partial charge is 0.277 e. The summed E-state index contributed by atoms with van der Waals surface area (Å²) in [6, 6.07) is 22.9. The third-order valence-corrected chi connectivity index (χ3v) is 8.89. The molecule has 0 aromatic heterocycles. The Labute approximate surface area is 255 Å². The highest BCUT2D eigenvalue weighted by Crippen LogP contribution is 2.32. The van der Waals surface area contributed by atoms with Gasteiger partial charge in [0.25, 0.3) is 15.9 Å². The molecule has 230 valence electrons. The number of nitrogens with one attached hydrogen (secondary N) is 2. The molecule has 1 fully saturated rings. The van der Waals surface area contributed by atoms with Crippen LogP contribution in [0.25, 0.3) is 0 Å². The van der Waals surface area contributed by atoms with Crippen LogP contribution in [0.5, 0.6) is 5.75 Å². The zero-order valence-electron chi connectivity index (χ0n) is 25.5. The highest BCUT2D eigenvalue weighted by molar-refractivity contribution is 7.90. The molecule has 1 heterocycles. The number of carbonyl (C=O) groups is 2. The Bertz CT molecular complexity index is 1480. The number of carbonyl (C=O) groups excluding carboxylic acids is 2. The summed E-state index contributed by atoms with van der Waals surface area (Å²) in [6.45, 7) is 9.41. The van der Waals surface area contributed by atoms with E-state index in [2.05, 4.69) is 47.0 Å². The van der Waals surface area contributed by atoms with Crippen molar-refractivity contribution in [3.63, 3.8) is 0 Å². The fraction of sp³-hybridized carbons (Fsp3) is 0.412. The first-order valence-corrected chi connectivity index (χ1v) is 16.5. The zero-order valence-corrected chi connectivity index (χ0v) is 26.3. The Morgan fingerprint density at radius 3 is 2.16 bits per heavy atom. The maximum absolute atomic E-state index is 13.3. The van der Waals surface area contributed by atoms with E-state index in [9.17, 15) is 18.0 Å². The first kappa shape index (κ1) is 32.1. The Kier molecular flexibility index (Phi) is 10.5. The lowest BCUT2D eigenvalue weighted by Gasteiger charge is -2.33. The van der Waals surface area contributed by atoms with E-state index in [-0.39, 0.29) is 23.3 Å². The molecule has 1 atom stereocenters. The van der Waals surface area contributed by atoms with Gasteiger partial charge in [0.2, 0.25) is 5.91 Å². The van der Waals surface area contributed by atoms with E-state index in [4.69, 9.17) is 4.74 Å². The normalized spacial score (nSPS) is 14.7. The first-order valence-electron chi connectivity index (χ1n) is 15.0. The molecule has 0 radical (unpaired) electrons. The summed E-state index contributed by atoms with van der Waals surface area (Å²) in [6.07, 6.45) is 4.66. The number of anilines is 1. The summed E-state index contributed by atoms with van der Waals surface area (Å²) in [7, 11) is -4.03. The lowest BCUT2D eigenvalue weighted by Crippen LogP contribution is -2.48. The highest BCUT2D eigenvalue weighted by atomic mass is 32.2. The molecule has 0 bridgehead atoms. The van der Waals surface area contributed by atoms with Crippen LogP contribution in [-0.4, -0.2) is 38.9 Å². The van der Waals surface area contributed by atoms with Crippen LogP contribution >= 0.6 is 0 Å². The van der Waals surface area contributed by atoms with E-state index in [0.29, 0.717) is 11.7 Å². The fourth-order valence-electron chi connectivity index (χ4n) is 5.29. The Morgan fingerprint density at radius 1 is 0.884 bits per heavy atom. The molecule has 1 aliphatic rings. The minimum Gasteiger partial charge on any atom is -0.478 e. The van der Waals surface area contributed by atoms with Crippen LogP contribution in [0.15, 0.2) is 83.8 Å². The van der Waals surface area contributed by atoms with E-state index in [0.717, 1.165) is 30.6 Å². The van der Waals surface area contributed by atoms with Crippen molar-refractivity contribution in [3.8, 4) is 5.75 Å². The quantitative estimate of drug-likeness (QED) is 0.271. The highest BCUT2D eigenvalue weighted by Gasteiger charge is 2.33. The monoisotopic (exact) mass is 605 g/mol. The number of hydrogen-bond acceptors (Lipinski definition) is 6. The molecule has 0 spiro atoms. The molecule has 2 amide bonds. The maximum atomic E-state index is 13.3. The van der Waals surface area contributed by atoms with Crippen molar-refractivity contribution >= 4 is 27.5 Å². The summed E-state index contributed by atoms with van der Waals surface area (Å²) < 4.78 is 33.1. The summed E-state index contributed by atoms with van der Waals surface area (Å²) in [5.74, 6) is -0.0756. The van der Waals surface area contributed by atoms with Gasteiger partial charge in [0, 0.05) is 18.8 Å². The molecule has 0 aliphatic carbocycles. The molecular formula is C34H43N3O5S. The first-order chi connectivity index (χ1) is 20.4. The minimum atomic E-state index is -4.03. The molecule has 4 rings (SSSR count). The van der Waals surface area contributed by atoms with Crippen LogP contribution in [0.3, 0.4) is 0 Å². The number of rotatable bonds is 12. The van der Waals surface area contributed by atoms with Gasteiger partial charge in [-0.15, -0.1) is 0 Å². The predicted molar refractivity (Wildman–Crippen MR) is 169 cm³/mol. The number of amides is 2. The topological polar surface area (TPSA) is 105 Å². The van der Waals surface area contributed by atoms with E-state index in [1.807, 2.05) is 6.07 Å². The van der Waals surface area contributed by atoms with Crippen molar-refractivity contribution in [1.82, 2.24) is 10.0 Å². The SMILES string of the molecule is CC(C)CC(NC(=O)Cc1ccc(OC(C)(C)C(=O)NS(=O)(=O)c2ccccc2)cc1)c1ccccc1N1CCCCC1. The fourth-order valence-corrected chi connectivity index (χ4v) is 6.41. The largest absolute Gasteiger partial charge is 0.478 e. The summed E-state index contributed by atoms with van der Waals surface area (Å²) in [5, 5.41) is 3.29. The molecule has 8 nitrogen and oxygen atoms in total. The molecule has 1 saturated heterocycles. The van der Waals surface area contributed by atoms with Crippen LogP contribution in [0, 0.1) is 5.92 Å². The summed E-state index contributed by atoms with van der Waals surface area (Å²) in [5.41, 5.74) is 1.70. The molecule has 43 heavy (non-hydrogen) atoms. The molecule has 9 heteroatoms. The zero-order chi connectivity index (χ0) is 31.0. The lowest BCUT2D eigenvalue weighted by molar-refractivity contribution is -0.132. The lowest BCUT2D eigenvalue weighted by atomic mass is 9.94. The molecule has 2 N–H and O–H groups in total. The van der Waals surface area contributed by atoms with Gasteiger partial charge in [0.05, 0.1) is 17.4 Å². The minimum absolute atomic E-state index is 0.00704. The second kappa shape index (κ2) is 14.1. The number of nitrogens with zero attached hydrogens (tertiary/aromatic N) is 1. The van der Waals surface area contributed by atoms with Gasteiger partial charge < -0.3 is 15.0 Å². The average molecular weight is 606 g/mol. The van der Waals surface area contributed by atoms with Gasteiger partial charge in [-0.25, -0.2) is 13.1 Å². The van der Waals surface area contributed by atoms with Gasteiger partial charge in [-0.05, 0) is 86.9 Å². The summed E-state index contributed by atoms with van der Waals surface area (Å²) in [4.78, 5) is 28.5. The van der Waals surface area contributed by atoms with Gasteiger partial charge in [-0.2, -0.15) is 0 Å². The van der Waals surface area contributed by atoms with E-state index >= 15 is 0 Å². The van der Waals surface area contributed by atoms with Crippen molar-refractivity contribution < 1.29 is 22.7 Å². The van der Waals surface area contributed by atoms with Gasteiger partial charge in [0.1, 0.15) is 5.75 Å². The molecular weight excluding hydrogens is 562 g/mol. The molecule has 1 unspecified atom stereocenters. The number of piperidine rings is 1. The number of sulfonamides is 1. The predicted octanol–water partition coefficient (Wildman–Crippen LogP) is 5.79. The van der Waals surface area contributed by atoms with Crippen molar-refractivity contribution in [2.45, 2.75) is 76.3 Å². The van der Waals surface area contributed by atoms with Crippen LogP contribution in [-0.2, 0) is 26.0 Å². The molecule has 3 aromatic rings. The van der Waals surface area contributed by atoms with E-state index in [1.54, 1.807) is 42.5 Å². The molecule has 3 aromatic carbocycles. The Morgan fingerprint density at radius 2 is 1.51 bits per heavy atom. The molecule has 0 saturated carbocycles. The van der Waals surface area contributed by atoms with Gasteiger partial charge in [-0.3, -0.25) is 9.59 Å². The van der Waals surface area contributed by atoms with Crippen molar-refractivity contribution in [3.05, 3.63) is 90.0 Å². The standard InChI is InChI=1S/C34H43N3O5S/c1-25(2)23-30(29-15-9-10-16-31(29)37-21-11-6-12-22-37)35-32(38)24-26-17-19-27(20-18-26)42-34(3,4)33(39)36-43(40,41)28-13-7-5-8-14-28/h5,7-10,13-20,25,30H,6,11-12,21-24H2,1-4H3,(H,35,38)(H,36,39). The van der Waals surface area contributed by atoms with Crippen molar-refractivity contribution in [1.29, 1.82) is 0 Å². The second-order valence-electron chi connectivity index (χ2n) is 12.0. The van der Waals surface area contributed by atoms with E-state index < -0.39 is 21.5 Å². The van der Waals surface area contributed by atoms with Crippen LogP contribution < -0.4 is 19.7 Å². The van der Waals surface area contributed by atoms with Crippen molar-refractivity contribution in [2.24, 2.45) is 5.92 Å². The average Bonchev–Trinajstić information content (AvgIpc) is 2.98. The van der Waals surface area contributed by atoms with Crippen LogP contribution in [0.2, 0.25) is 0 Å². The number of ether oxygens (including phenoxy) is 1. The third-order valence-electron chi connectivity index (χ3n) is 7.54. The maximum Gasteiger partial charge on any atom is 0.277 e. The summed E-state index contributed by atoms with van der Waals surface area (Å²) >= 11 is 0. The van der Waals surface area contributed by atoms with Crippen LogP contribution in [0.1, 0.15) is 70.5 Å². The van der Waals surface area contributed by atoms with Gasteiger partial charge >= 0.3 is 0 Å². The second-order valence-corrected chi connectivity index (χ2v) is 13.7. The van der Waals surface area contributed by atoms with Crippen molar-refractivity contribution in [2.75, 3.05) is 18.0 Å². The Balaban J connectivity index is 1.39. The van der Waals surface area contributed by atoms with Crippen LogP contribution in [0.4, 0.5) is 5.69 Å². The third kappa shape index (κ3) is 8.83. The Hall–Kier alpha value is -3.85. The molecule has 1 aliphatic heterocycles. The van der Waals surface area contributed by atoms with Gasteiger partial charge in [0.15, 0.2) is 5.60 Å². The number of hydrogen-bond donors (Lipinski definition) is 2. The number of para-hydroxylation sites is 1. The van der Waals surface area contributed by atoms with Gasteiger partial charge in [-0.1, -0.05) is 62.4 Å².